The van der Waals surface area contributed by atoms with Gasteiger partial charge in [-0.2, -0.15) is 15.0 Å². The van der Waals surface area contributed by atoms with E-state index in [-0.39, 0.29) is 6.04 Å². The topological polar surface area (TPSA) is 39.9 Å². The van der Waals surface area contributed by atoms with Crippen molar-refractivity contribution in [3.63, 3.8) is 0 Å². The number of benzene rings is 3. The molecule has 4 heteroatoms. The number of ether oxygens (including phenoxy) is 1. The van der Waals surface area contributed by atoms with Crippen LogP contribution in [0.25, 0.3) is 33.3 Å². The van der Waals surface area contributed by atoms with E-state index in [1.807, 2.05) is 24.3 Å². The van der Waals surface area contributed by atoms with Gasteiger partial charge in [-0.1, -0.05) is 42.5 Å². The molecule has 0 radical (unpaired) electrons. The fourth-order valence-electron chi connectivity index (χ4n) is 3.11. The zero-order chi connectivity index (χ0) is 18.1. The third kappa shape index (κ3) is 2.84. The summed E-state index contributed by atoms with van der Waals surface area (Å²) >= 11 is 0. The summed E-state index contributed by atoms with van der Waals surface area (Å²) in [6.45, 7) is 4.18. The Balaban J connectivity index is 1.94. The molecule has 4 rings (SSSR count). The molecule has 1 aromatic heterocycles. The van der Waals surface area contributed by atoms with E-state index in [0.29, 0.717) is 0 Å². The van der Waals surface area contributed by atoms with Crippen molar-refractivity contribution < 1.29 is 4.74 Å². The average Bonchev–Trinajstić information content (AvgIpc) is 3.13. The van der Waals surface area contributed by atoms with Gasteiger partial charge in [-0.25, -0.2) is 0 Å². The minimum Gasteiger partial charge on any atom is -0.497 e. The molecule has 26 heavy (non-hydrogen) atoms. The first-order valence-electron chi connectivity index (χ1n) is 8.77. The number of nitrogens with zero attached hydrogens (tertiary/aromatic N) is 3. The number of rotatable bonds is 4. The molecule has 0 spiro atoms. The van der Waals surface area contributed by atoms with Gasteiger partial charge in [-0.05, 0) is 48.9 Å². The first kappa shape index (κ1) is 16.3. The normalized spacial score (nSPS) is 11.2. The van der Waals surface area contributed by atoms with E-state index in [0.717, 1.165) is 28.3 Å². The Hall–Kier alpha value is -3.14. The Morgan fingerprint density at radius 2 is 1.50 bits per heavy atom. The van der Waals surface area contributed by atoms with E-state index in [9.17, 15) is 0 Å². The minimum absolute atomic E-state index is 0.190. The van der Waals surface area contributed by atoms with Gasteiger partial charge in [0.25, 0.3) is 0 Å². The van der Waals surface area contributed by atoms with Gasteiger partial charge >= 0.3 is 0 Å². The van der Waals surface area contributed by atoms with Crippen molar-refractivity contribution in [1.29, 1.82) is 0 Å². The molecule has 4 nitrogen and oxygen atoms in total. The van der Waals surface area contributed by atoms with Crippen molar-refractivity contribution in [3.8, 4) is 28.3 Å². The van der Waals surface area contributed by atoms with Gasteiger partial charge in [0.2, 0.25) is 0 Å². The van der Waals surface area contributed by atoms with Gasteiger partial charge in [0.15, 0.2) is 0 Å². The maximum Gasteiger partial charge on any atom is 0.121 e. The molecule has 3 aromatic carbocycles. The highest BCUT2D eigenvalue weighted by Gasteiger charge is 2.18. The van der Waals surface area contributed by atoms with Crippen LogP contribution in [0.3, 0.4) is 0 Å². The van der Waals surface area contributed by atoms with Crippen LogP contribution in [0.1, 0.15) is 19.9 Å². The molecular weight excluding hydrogens is 322 g/mol. The molecule has 0 unspecified atom stereocenters. The molecular formula is C22H21N3O. The third-order valence-electron chi connectivity index (χ3n) is 4.50. The molecule has 0 bridgehead atoms. The summed E-state index contributed by atoms with van der Waals surface area (Å²) in [7, 11) is 1.67. The van der Waals surface area contributed by atoms with Gasteiger partial charge in [0.1, 0.15) is 17.1 Å². The Morgan fingerprint density at radius 1 is 0.808 bits per heavy atom. The smallest absolute Gasteiger partial charge is 0.121 e. The van der Waals surface area contributed by atoms with Crippen molar-refractivity contribution in [3.05, 3.63) is 66.7 Å². The maximum atomic E-state index is 5.28. The molecule has 0 aliphatic carbocycles. The Kier molecular flexibility index (Phi) is 4.17. The van der Waals surface area contributed by atoms with Crippen LogP contribution in [0.2, 0.25) is 0 Å². The molecule has 0 amide bonds. The van der Waals surface area contributed by atoms with Crippen LogP contribution in [0, 0.1) is 0 Å². The van der Waals surface area contributed by atoms with Crippen LogP contribution in [-0.4, -0.2) is 22.1 Å². The first-order chi connectivity index (χ1) is 12.7. The van der Waals surface area contributed by atoms with Gasteiger partial charge in [-0.15, -0.1) is 0 Å². The van der Waals surface area contributed by atoms with Crippen LogP contribution in [0.4, 0.5) is 0 Å². The highest BCUT2D eigenvalue weighted by atomic mass is 16.5. The number of methoxy groups -OCH3 is 1. The molecule has 0 fully saturated rings. The number of fused-ring (bicyclic) bond motifs is 1. The third-order valence-corrected chi connectivity index (χ3v) is 4.50. The minimum atomic E-state index is 0.190. The molecule has 4 aromatic rings. The van der Waals surface area contributed by atoms with Crippen LogP contribution >= 0.6 is 0 Å². The Morgan fingerprint density at radius 3 is 2.23 bits per heavy atom. The Labute approximate surface area is 153 Å². The quantitative estimate of drug-likeness (QED) is 0.501. The zero-order valence-electron chi connectivity index (χ0n) is 15.2. The fraction of sp³-hybridized carbons (Fsp3) is 0.182. The van der Waals surface area contributed by atoms with Crippen molar-refractivity contribution in [1.82, 2.24) is 15.0 Å². The first-order valence-corrected chi connectivity index (χ1v) is 8.77. The van der Waals surface area contributed by atoms with Gasteiger partial charge in [0.05, 0.1) is 13.2 Å². The van der Waals surface area contributed by atoms with E-state index < -0.39 is 0 Å². The van der Waals surface area contributed by atoms with E-state index >= 15 is 0 Å². The summed E-state index contributed by atoms with van der Waals surface area (Å²) in [5.41, 5.74) is 3.92. The second-order valence-corrected chi connectivity index (χ2v) is 6.57. The predicted octanol–water partition coefficient (Wildman–Crippen LogP) is 5.35. The molecule has 0 N–H and O–H groups in total. The largest absolute Gasteiger partial charge is 0.497 e. The summed E-state index contributed by atoms with van der Waals surface area (Å²) in [5.74, 6) is 0.830. The summed E-state index contributed by atoms with van der Waals surface area (Å²) in [6.07, 6.45) is 0. The monoisotopic (exact) mass is 343 g/mol. The van der Waals surface area contributed by atoms with Crippen molar-refractivity contribution in [2.24, 2.45) is 0 Å². The Bertz CT molecular complexity index is 1040. The number of aromatic nitrogens is 3. The van der Waals surface area contributed by atoms with Gasteiger partial charge in [-0.3, -0.25) is 0 Å². The van der Waals surface area contributed by atoms with Crippen molar-refractivity contribution >= 4 is 10.8 Å². The maximum absolute atomic E-state index is 5.28. The summed E-state index contributed by atoms with van der Waals surface area (Å²) < 4.78 is 5.28. The van der Waals surface area contributed by atoms with Gasteiger partial charge in [0, 0.05) is 11.1 Å². The SMILES string of the molecule is COc1ccc(-c2nn(C(C)C)nc2-c2cccc3ccccc23)cc1. The molecule has 1 heterocycles. The van der Waals surface area contributed by atoms with E-state index in [1.165, 1.54) is 10.8 Å². The molecule has 0 saturated heterocycles. The highest BCUT2D eigenvalue weighted by Crippen LogP contribution is 2.34. The predicted molar refractivity (Wildman–Crippen MR) is 105 cm³/mol. The number of hydrogen-bond acceptors (Lipinski definition) is 3. The van der Waals surface area contributed by atoms with Crippen LogP contribution < -0.4 is 4.74 Å². The summed E-state index contributed by atoms with van der Waals surface area (Å²) in [6, 6.07) is 22.9. The highest BCUT2D eigenvalue weighted by molar-refractivity contribution is 5.98. The van der Waals surface area contributed by atoms with Crippen LogP contribution in [0.15, 0.2) is 66.7 Å². The van der Waals surface area contributed by atoms with E-state index in [2.05, 4.69) is 56.3 Å². The molecule has 0 aliphatic rings. The fourth-order valence-corrected chi connectivity index (χ4v) is 3.11. The standard InChI is InChI=1S/C22H21N3O/c1-15(2)25-23-21(17-11-13-18(26-3)14-12-17)22(24-25)20-10-6-8-16-7-4-5-9-19(16)20/h4-15H,1-3H3. The second-order valence-electron chi connectivity index (χ2n) is 6.57. The molecule has 130 valence electrons. The molecule has 0 aliphatic heterocycles. The lowest BCUT2D eigenvalue weighted by Crippen LogP contribution is -2.04. The van der Waals surface area contributed by atoms with Crippen molar-refractivity contribution in [2.45, 2.75) is 19.9 Å². The average molecular weight is 343 g/mol. The number of hydrogen-bond donors (Lipinski definition) is 0. The molecule has 0 atom stereocenters. The lowest BCUT2D eigenvalue weighted by molar-refractivity contribution is 0.415. The lowest BCUT2D eigenvalue weighted by atomic mass is 9.99. The van der Waals surface area contributed by atoms with Crippen molar-refractivity contribution in [2.75, 3.05) is 7.11 Å². The van der Waals surface area contributed by atoms with E-state index in [1.54, 1.807) is 11.9 Å². The molecule has 0 saturated carbocycles. The second kappa shape index (κ2) is 6.64. The van der Waals surface area contributed by atoms with E-state index in [4.69, 9.17) is 14.9 Å². The van der Waals surface area contributed by atoms with Crippen LogP contribution in [0.5, 0.6) is 5.75 Å². The van der Waals surface area contributed by atoms with Gasteiger partial charge < -0.3 is 4.74 Å². The lowest BCUT2D eigenvalue weighted by Gasteiger charge is -2.06. The zero-order valence-corrected chi connectivity index (χ0v) is 15.2. The summed E-state index contributed by atoms with van der Waals surface area (Å²) in [5, 5.41) is 12.0. The summed E-state index contributed by atoms with van der Waals surface area (Å²) in [4.78, 5) is 1.79. The van der Waals surface area contributed by atoms with Crippen LogP contribution in [-0.2, 0) is 0 Å².